The molecule has 0 bridgehead atoms. The van der Waals surface area contributed by atoms with Crippen molar-refractivity contribution in [1.29, 1.82) is 0 Å². The Morgan fingerprint density at radius 1 is 1.40 bits per heavy atom. The Balaban J connectivity index is 2.94. The zero-order valence-corrected chi connectivity index (χ0v) is 13.9. The van der Waals surface area contributed by atoms with Gasteiger partial charge < -0.3 is 11.1 Å². The number of benzene rings is 1. The fourth-order valence-electron chi connectivity index (χ4n) is 1.54. The van der Waals surface area contributed by atoms with Gasteiger partial charge in [-0.1, -0.05) is 15.9 Å². The molecular formula is C12H18BrN3O3S. The number of nitrogen functional groups attached to an aromatic ring is 1. The van der Waals surface area contributed by atoms with Gasteiger partial charge >= 0.3 is 0 Å². The third-order valence-corrected chi connectivity index (χ3v) is 4.78. The topological polar surface area (TPSA) is 101 Å². The summed E-state index contributed by atoms with van der Waals surface area (Å²) >= 11 is 3.21. The second kappa shape index (κ2) is 6.11. The summed E-state index contributed by atoms with van der Waals surface area (Å²) in [7, 11) is -2.25. The quantitative estimate of drug-likeness (QED) is 0.681. The Kier molecular flexibility index (Phi) is 5.17. The molecule has 8 heteroatoms. The molecule has 0 aliphatic carbocycles. The first kappa shape index (κ1) is 16.9. The van der Waals surface area contributed by atoms with Crippen LogP contribution in [0.5, 0.6) is 0 Å². The lowest BCUT2D eigenvalue weighted by Crippen LogP contribution is -2.43. The molecule has 0 heterocycles. The molecule has 0 fully saturated rings. The van der Waals surface area contributed by atoms with Crippen molar-refractivity contribution < 1.29 is 13.2 Å². The Labute approximate surface area is 127 Å². The average Bonchev–Trinajstić information content (AvgIpc) is 2.35. The third kappa shape index (κ3) is 3.94. The van der Waals surface area contributed by atoms with Gasteiger partial charge in [-0.3, -0.25) is 4.79 Å². The maximum absolute atomic E-state index is 12.2. The number of carbonyl (C=O) groups is 1. The standard InChI is InChI=1S/C12H18BrN3O3S/c1-12(2,11(17)15-3)7-16-20(18,19)10-5-4-8(13)6-9(10)14/h4-6,16H,7,14H2,1-3H3,(H,15,17). The Morgan fingerprint density at radius 2 is 2.00 bits per heavy atom. The van der Waals surface area contributed by atoms with Crippen LogP contribution < -0.4 is 15.8 Å². The Morgan fingerprint density at radius 3 is 2.50 bits per heavy atom. The lowest BCUT2D eigenvalue weighted by molar-refractivity contribution is -0.128. The molecule has 0 saturated heterocycles. The van der Waals surface area contributed by atoms with Gasteiger partial charge in [-0.05, 0) is 32.0 Å². The molecule has 20 heavy (non-hydrogen) atoms. The largest absolute Gasteiger partial charge is 0.398 e. The third-order valence-electron chi connectivity index (χ3n) is 2.81. The summed E-state index contributed by atoms with van der Waals surface area (Å²) in [6, 6.07) is 4.52. The minimum atomic E-state index is -3.76. The Hall–Kier alpha value is -1.12. The van der Waals surface area contributed by atoms with E-state index in [-0.39, 0.29) is 23.0 Å². The average molecular weight is 364 g/mol. The van der Waals surface area contributed by atoms with Gasteiger partial charge in [0.05, 0.1) is 11.1 Å². The van der Waals surface area contributed by atoms with E-state index in [9.17, 15) is 13.2 Å². The second-order valence-electron chi connectivity index (χ2n) is 4.97. The van der Waals surface area contributed by atoms with Crippen molar-refractivity contribution in [3.63, 3.8) is 0 Å². The van der Waals surface area contributed by atoms with E-state index in [0.29, 0.717) is 4.47 Å². The number of hydrogen-bond donors (Lipinski definition) is 3. The summed E-state index contributed by atoms with van der Waals surface area (Å²) < 4.78 is 27.5. The number of amides is 1. The lowest BCUT2D eigenvalue weighted by Gasteiger charge is -2.23. The van der Waals surface area contributed by atoms with Gasteiger partial charge in [0.1, 0.15) is 4.90 Å². The van der Waals surface area contributed by atoms with Crippen molar-refractivity contribution in [2.24, 2.45) is 5.41 Å². The van der Waals surface area contributed by atoms with Gasteiger partial charge in [-0.25, -0.2) is 13.1 Å². The zero-order chi connectivity index (χ0) is 15.6. The maximum Gasteiger partial charge on any atom is 0.242 e. The van der Waals surface area contributed by atoms with Crippen molar-refractivity contribution in [1.82, 2.24) is 10.0 Å². The highest BCUT2D eigenvalue weighted by Gasteiger charge is 2.29. The van der Waals surface area contributed by atoms with Gasteiger partial charge in [-0.15, -0.1) is 0 Å². The van der Waals surface area contributed by atoms with E-state index in [2.05, 4.69) is 26.0 Å². The van der Waals surface area contributed by atoms with Crippen LogP contribution >= 0.6 is 15.9 Å². The number of nitrogens with one attached hydrogen (secondary N) is 2. The first-order chi connectivity index (χ1) is 9.10. The van der Waals surface area contributed by atoms with Crippen LogP contribution in [0.4, 0.5) is 5.69 Å². The molecule has 0 atom stereocenters. The molecule has 0 saturated carbocycles. The van der Waals surface area contributed by atoms with E-state index in [1.54, 1.807) is 19.9 Å². The van der Waals surface area contributed by atoms with Gasteiger partial charge in [0, 0.05) is 18.1 Å². The van der Waals surface area contributed by atoms with E-state index in [4.69, 9.17) is 5.73 Å². The van der Waals surface area contributed by atoms with Crippen molar-refractivity contribution in [2.45, 2.75) is 18.7 Å². The van der Waals surface area contributed by atoms with Crippen LogP contribution in [0.2, 0.25) is 0 Å². The number of nitrogens with two attached hydrogens (primary N) is 1. The number of carbonyl (C=O) groups excluding carboxylic acids is 1. The summed E-state index contributed by atoms with van der Waals surface area (Å²) in [5.41, 5.74) is 4.99. The monoisotopic (exact) mass is 363 g/mol. The summed E-state index contributed by atoms with van der Waals surface area (Å²) in [5.74, 6) is -0.246. The predicted octanol–water partition coefficient (Wildman–Crippen LogP) is 1.08. The first-order valence-corrected chi connectivity index (χ1v) is 8.14. The molecule has 0 unspecified atom stereocenters. The summed E-state index contributed by atoms with van der Waals surface area (Å²) in [6.45, 7) is 3.28. The van der Waals surface area contributed by atoms with E-state index in [0.717, 1.165) is 0 Å². The normalized spacial score (nSPS) is 12.2. The van der Waals surface area contributed by atoms with Gasteiger partial charge in [0.2, 0.25) is 15.9 Å². The minimum absolute atomic E-state index is 0.00610. The van der Waals surface area contributed by atoms with Gasteiger partial charge in [0.15, 0.2) is 0 Å². The first-order valence-electron chi connectivity index (χ1n) is 5.87. The molecule has 0 radical (unpaired) electrons. The van der Waals surface area contributed by atoms with Crippen molar-refractivity contribution >= 4 is 37.5 Å². The fourth-order valence-corrected chi connectivity index (χ4v) is 3.24. The second-order valence-corrected chi connectivity index (χ2v) is 7.62. The molecule has 0 aromatic heterocycles. The van der Waals surface area contributed by atoms with Crippen molar-refractivity contribution in [2.75, 3.05) is 19.3 Å². The van der Waals surface area contributed by atoms with E-state index < -0.39 is 15.4 Å². The predicted molar refractivity (Wildman–Crippen MR) is 81.6 cm³/mol. The lowest BCUT2D eigenvalue weighted by atomic mass is 9.93. The van der Waals surface area contributed by atoms with Crippen LogP contribution in [0, 0.1) is 5.41 Å². The number of anilines is 1. The molecule has 1 amide bonds. The van der Waals surface area contributed by atoms with Crippen LogP contribution in [-0.2, 0) is 14.8 Å². The highest BCUT2D eigenvalue weighted by Crippen LogP contribution is 2.23. The fraction of sp³-hybridized carbons (Fsp3) is 0.417. The number of sulfonamides is 1. The molecule has 4 N–H and O–H groups in total. The number of rotatable bonds is 5. The molecule has 1 aromatic carbocycles. The summed E-state index contributed by atoms with van der Waals surface area (Å²) in [6.07, 6.45) is 0. The molecule has 0 aliphatic heterocycles. The SMILES string of the molecule is CNC(=O)C(C)(C)CNS(=O)(=O)c1ccc(Br)cc1N. The summed E-state index contributed by atoms with van der Waals surface area (Å²) in [4.78, 5) is 11.6. The zero-order valence-electron chi connectivity index (χ0n) is 11.5. The van der Waals surface area contributed by atoms with Crippen LogP contribution in [0.3, 0.4) is 0 Å². The number of halogens is 1. The smallest absolute Gasteiger partial charge is 0.242 e. The highest BCUT2D eigenvalue weighted by molar-refractivity contribution is 9.10. The minimum Gasteiger partial charge on any atom is -0.398 e. The van der Waals surface area contributed by atoms with Crippen molar-refractivity contribution in [3.8, 4) is 0 Å². The van der Waals surface area contributed by atoms with Crippen LogP contribution in [0.25, 0.3) is 0 Å². The van der Waals surface area contributed by atoms with Crippen molar-refractivity contribution in [3.05, 3.63) is 22.7 Å². The van der Waals surface area contributed by atoms with E-state index in [1.165, 1.54) is 19.2 Å². The maximum atomic E-state index is 12.2. The van der Waals surface area contributed by atoms with Gasteiger partial charge in [0.25, 0.3) is 0 Å². The summed E-state index contributed by atoms with van der Waals surface area (Å²) in [5, 5.41) is 2.50. The van der Waals surface area contributed by atoms with E-state index in [1.807, 2.05) is 0 Å². The molecule has 0 aliphatic rings. The molecule has 1 rings (SSSR count). The molecule has 6 nitrogen and oxygen atoms in total. The van der Waals surface area contributed by atoms with E-state index >= 15 is 0 Å². The van der Waals surface area contributed by atoms with Crippen LogP contribution in [0.1, 0.15) is 13.8 Å². The highest BCUT2D eigenvalue weighted by atomic mass is 79.9. The van der Waals surface area contributed by atoms with Crippen LogP contribution in [-0.4, -0.2) is 27.9 Å². The Bertz CT molecular complexity index is 614. The van der Waals surface area contributed by atoms with Gasteiger partial charge in [-0.2, -0.15) is 0 Å². The molecule has 112 valence electrons. The number of hydrogen-bond acceptors (Lipinski definition) is 4. The molecule has 0 spiro atoms. The molecule has 1 aromatic rings. The molecular weight excluding hydrogens is 346 g/mol. The van der Waals surface area contributed by atoms with Crippen LogP contribution in [0.15, 0.2) is 27.6 Å².